The Balaban J connectivity index is 2.06. The van der Waals surface area contributed by atoms with E-state index in [0.717, 1.165) is 21.5 Å². The summed E-state index contributed by atoms with van der Waals surface area (Å²) in [6.07, 6.45) is 0.626. The molecular formula is C16H17BrFNO. The van der Waals surface area contributed by atoms with Gasteiger partial charge < -0.3 is 10.1 Å². The molecule has 0 heterocycles. The molecule has 4 heteroatoms. The molecule has 0 saturated carbocycles. The van der Waals surface area contributed by atoms with Crippen LogP contribution in [0.15, 0.2) is 46.9 Å². The lowest BCUT2D eigenvalue weighted by Crippen LogP contribution is -2.18. The number of methoxy groups -OCH3 is 1. The van der Waals surface area contributed by atoms with Crippen LogP contribution in [-0.2, 0) is 6.42 Å². The molecule has 0 fully saturated rings. The van der Waals surface area contributed by atoms with Gasteiger partial charge >= 0.3 is 0 Å². The van der Waals surface area contributed by atoms with Gasteiger partial charge in [-0.15, -0.1) is 0 Å². The maximum atomic E-state index is 13.6. The second-order valence-electron chi connectivity index (χ2n) is 4.72. The first-order valence-corrected chi connectivity index (χ1v) is 7.22. The Morgan fingerprint density at radius 3 is 2.70 bits per heavy atom. The first kappa shape index (κ1) is 14.9. The van der Waals surface area contributed by atoms with E-state index < -0.39 is 0 Å². The van der Waals surface area contributed by atoms with Gasteiger partial charge in [0.2, 0.25) is 0 Å². The number of benzene rings is 2. The molecule has 106 valence electrons. The number of anilines is 1. The number of nitrogens with one attached hydrogen (secondary N) is 1. The summed E-state index contributed by atoms with van der Waals surface area (Å²) in [5, 5.41) is 3.36. The summed E-state index contributed by atoms with van der Waals surface area (Å²) < 4.78 is 19.8. The minimum atomic E-state index is -0.159. The second-order valence-corrected chi connectivity index (χ2v) is 5.64. The van der Waals surface area contributed by atoms with Crippen LogP contribution in [0, 0.1) is 5.82 Å². The van der Waals surface area contributed by atoms with Crippen LogP contribution in [0.5, 0.6) is 5.75 Å². The van der Waals surface area contributed by atoms with E-state index in [1.165, 1.54) is 6.07 Å². The minimum Gasteiger partial charge on any atom is -0.497 e. The molecule has 0 amide bonds. The van der Waals surface area contributed by atoms with Gasteiger partial charge in [0.1, 0.15) is 11.6 Å². The third kappa shape index (κ3) is 3.97. The predicted molar refractivity (Wildman–Crippen MR) is 83.9 cm³/mol. The molecule has 0 bridgehead atoms. The Morgan fingerprint density at radius 1 is 1.25 bits per heavy atom. The molecule has 20 heavy (non-hydrogen) atoms. The van der Waals surface area contributed by atoms with E-state index in [0.29, 0.717) is 6.42 Å². The number of rotatable bonds is 5. The summed E-state index contributed by atoms with van der Waals surface area (Å²) in [7, 11) is 1.63. The lowest BCUT2D eigenvalue weighted by Gasteiger charge is -2.16. The summed E-state index contributed by atoms with van der Waals surface area (Å²) in [5.41, 5.74) is 1.66. The number of halogens is 2. The van der Waals surface area contributed by atoms with Crippen molar-refractivity contribution in [1.29, 1.82) is 0 Å². The van der Waals surface area contributed by atoms with Crippen LogP contribution in [0.4, 0.5) is 10.1 Å². The van der Waals surface area contributed by atoms with Crippen LogP contribution in [0.25, 0.3) is 0 Å². The number of hydrogen-bond donors (Lipinski definition) is 1. The van der Waals surface area contributed by atoms with Crippen molar-refractivity contribution in [3.8, 4) is 5.75 Å². The van der Waals surface area contributed by atoms with Crippen molar-refractivity contribution in [3.05, 3.63) is 58.3 Å². The second kappa shape index (κ2) is 6.75. The number of ether oxygens (including phenoxy) is 1. The SMILES string of the molecule is COc1cc(Br)cc(NC(C)Cc2ccccc2F)c1. The van der Waals surface area contributed by atoms with Crippen LogP contribution < -0.4 is 10.1 Å². The van der Waals surface area contributed by atoms with Crippen molar-refractivity contribution in [1.82, 2.24) is 0 Å². The molecule has 0 aliphatic heterocycles. The highest BCUT2D eigenvalue weighted by atomic mass is 79.9. The third-order valence-corrected chi connectivity index (χ3v) is 3.46. The molecule has 0 spiro atoms. The van der Waals surface area contributed by atoms with Crippen molar-refractivity contribution in [3.63, 3.8) is 0 Å². The molecule has 0 aromatic heterocycles. The predicted octanol–water partition coefficient (Wildman–Crippen LogP) is 4.64. The molecule has 1 atom stereocenters. The van der Waals surface area contributed by atoms with Gasteiger partial charge in [0.05, 0.1) is 7.11 Å². The van der Waals surface area contributed by atoms with Crippen LogP contribution >= 0.6 is 15.9 Å². The average Bonchev–Trinajstić information content (AvgIpc) is 2.40. The zero-order chi connectivity index (χ0) is 14.5. The van der Waals surface area contributed by atoms with Gasteiger partial charge in [0.25, 0.3) is 0 Å². The van der Waals surface area contributed by atoms with E-state index in [-0.39, 0.29) is 11.9 Å². The van der Waals surface area contributed by atoms with Crippen molar-refractivity contribution in [2.75, 3.05) is 12.4 Å². The van der Waals surface area contributed by atoms with Gasteiger partial charge in [-0.3, -0.25) is 0 Å². The molecule has 0 radical (unpaired) electrons. The summed E-state index contributed by atoms with van der Waals surface area (Å²) in [4.78, 5) is 0. The van der Waals surface area contributed by atoms with Gasteiger partial charge in [0, 0.05) is 22.3 Å². The van der Waals surface area contributed by atoms with Gasteiger partial charge in [0.15, 0.2) is 0 Å². The Kier molecular flexibility index (Phi) is 5.01. The summed E-state index contributed by atoms with van der Waals surface area (Å²) in [6.45, 7) is 2.03. The first-order chi connectivity index (χ1) is 9.58. The average molecular weight is 338 g/mol. The fraction of sp³-hybridized carbons (Fsp3) is 0.250. The topological polar surface area (TPSA) is 21.3 Å². The monoisotopic (exact) mass is 337 g/mol. The lowest BCUT2D eigenvalue weighted by molar-refractivity contribution is 0.414. The Hall–Kier alpha value is -1.55. The summed E-state index contributed by atoms with van der Waals surface area (Å²) in [5.74, 6) is 0.618. The van der Waals surface area contributed by atoms with Crippen molar-refractivity contribution in [2.45, 2.75) is 19.4 Å². The molecule has 0 aliphatic rings. The van der Waals surface area contributed by atoms with E-state index in [1.54, 1.807) is 13.2 Å². The molecule has 0 aliphatic carbocycles. The standard InChI is InChI=1S/C16H17BrFNO/c1-11(7-12-5-3-4-6-16(12)18)19-14-8-13(17)9-15(10-14)20-2/h3-6,8-11,19H,7H2,1-2H3. The van der Waals surface area contributed by atoms with Gasteiger partial charge in [-0.05, 0) is 37.1 Å². The first-order valence-electron chi connectivity index (χ1n) is 6.43. The largest absolute Gasteiger partial charge is 0.497 e. The normalized spacial score (nSPS) is 12.0. The number of hydrogen-bond acceptors (Lipinski definition) is 2. The van der Waals surface area contributed by atoms with E-state index in [1.807, 2.05) is 37.3 Å². The quantitative estimate of drug-likeness (QED) is 0.858. The Morgan fingerprint density at radius 2 is 2.00 bits per heavy atom. The van der Waals surface area contributed by atoms with Crippen LogP contribution in [0.3, 0.4) is 0 Å². The summed E-state index contributed by atoms with van der Waals surface area (Å²) in [6, 6.07) is 12.8. The zero-order valence-electron chi connectivity index (χ0n) is 11.5. The minimum absolute atomic E-state index is 0.117. The van der Waals surface area contributed by atoms with Crippen molar-refractivity contribution in [2.24, 2.45) is 0 Å². The zero-order valence-corrected chi connectivity index (χ0v) is 13.1. The van der Waals surface area contributed by atoms with Crippen molar-refractivity contribution >= 4 is 21.6 Å². The Labute approximate surface area is 127 Å². The van der Waals surface area contributed by atoms with E-state index in [9.17, 15) is 4.39 Å². The third-order valence-electron chi connectivity index (χ3n) is 3.00. The fourth-order valence-electron chi connectivity index (χ4n) is 2.09. The maximum Gasteiger partial charge on any atom is 0.126 e. The Bertz CT molecular complexity index is 588. The van der Waals surface area contributed by atoms with E-state index in [4.69, 9.17) is 4.74 Å². The van der Waals surface area contributed by atoms with E-state index >= 15 is 0 Å². The van der Waals surface area contributed by atoms with Gasteiger partial charge in [-0.25, -0.2) is 4.39 Å². The smallest absolute Gasteiger partial charge is 0.126 e. The highest BCUT2D eigenvalue weighted by Crippen LogP contribution is 2.25. The van der Waals surface area contributed by atoms with Crippen LogP contribution in [0.2, 0.25) is 0 Å². The van der Waals surface area contributed by atoms with E-state index in [2.05, 4.69) is 21.2 Å². The van der Waals surface area contributed by atoms with Crippen molar-refractivity contribution < 1.29 is 9.13 Å². The van der Waals surface area contributed by atoms with Gasteiger partial charge in [-0.1, -0.05) is 34.1 Å². The molecule has 1 N–H and O–H groups in total. The van der Waals surface area contributed by atoms with Crippen LogP contribution in [-0.4, -0.2) is 13.2 Å². The van der Waals surface area contributed by atoms with Gasteiger partial charge in [-0.2, -0.15) is 0 Å². The molecule has 1 unspecified atom stereocenters. The maximum absolute atomic E-state index is 13.6. The summed E-state index contributed by atoms with van der Waals surface area (Å²) >= 11 is 3.44. The van der Waals surface area contributed by atoms with Crippen LogP contribution in [0.1, 0.15) is 12.5 Å². The fourth-order valence-corrected chi connectivity index (χ4v) is 2.57. The highest BCUT2D eigenvalue weighted by molar-refractivity contribution is 9.10. The molecule has 0 saturated heterocycles. The molecule has 2 nitrogen and oxygen atoms in total. The lowest BCUT2D eigenvalue weighted by atomic mass is 10.1. The highest BCUT2D eigenvalue weighted by Gasteiger charge is 2.08. The molecular weight excluding hydrogens is 321 g/mol. The molecule has 2 rings (SSSR count). The molecule has 2 aromatic rings. The molecule has 2 aromatic carbocycles.